The minimum Gasteiger partial charge on any atom is -0.395 e. The van der Waals surface area contributed by atoms with Crippen molar-refractivity contribution in [2.75, 3.05) is 6.61 Å². The second-order valence-electron chi connectivity index (χ2n) is 3.83. The van der Waals surface area contributed by atoms with Gasteiger partial charge in [0.2, 0.25) is 0 Å². The number of hydrogen-bond donors (Lipinski definition) is 1. The highest BCUT2D eigenvalue weighted by atomic mass is 79.9. The van der Waals surface area contributed by atoms with Crippen LogP contribution in [0.15, 0.2) is 22.7 Å². The minimum absolute atomic E-state index is 0.0484. The SMILES string of the molecule is O=[N+]([O-])c1cccc(C2(CO)CC2)c1Br. The summed E-state index contributed by atoms with van der Waals surface area (Å²) in [7, 11) is 0. The van der Waals surface area contributed by atoms with Gasteiger partial charge in [-0.25, -0.2) is 0 Å². The van der Waals surface area contributed by atoms with Crippen molar-refractivity contribution < 1.29 is 10.0 Å². The number of aliphatic hydroxyl groups excluding tert-OH is 1. The summed E-state index contributed by atoms with van der Waals surface area (Å²) in [4.78, 5) is 10.3. The molecular formula is C10H10BrNO3. The number of nitro benzene ring substituents is 1. The topological polar surface area (TPSA) is 63.4 Å². The van der Waals surface area contributed by atoms with Gasteiger partial charge in [-0.15, -0.1) is 0 Å². The molecule has 0 aliphatic heterocycles. The second-order valence-corrected chi connectivity index (χ2v) is 4.63. The molecule has 0 unspecified atom stereocenters. The van der Waals surface area contributed by atoms with Crippen LogP contribution in [-0.4, -0.2) is 16.6 Å². The van der Waals surface area contributed by atoms with Crippen LogP contribution in [-0.2, 0) is 5.41 Å². The molecule has 0 saturated heterocycles. The summed E-state index contributed by atoms with van der Waals surface area (Å²) in [5, 5.41) is 20.0. The zero-order chi connectivity index (χ0) is 11.1. The standard InChI is InChI=1S/C10H10BrNO3/c11-9-7(10(6-13)4-5-10)2-1-3-8(9)12(14)15/h1-3,13H,4-6H2. The van der Waals surface area contributed by atoms with E-state index in [0.29, 0.717) is 4.47 Å². The molecule has 1 fully saturated rings. The van der Waals surface area contributed by atoms with Crippen molar-refractivity contribution >= 4 is 21.6 Å². The third kappa shape index (κ3) is 1.66. The lowest BCUT2D eigenvalue weighted by atomic mass is 9.96. The normalized spacial score (nSPS) is 17.5. The summed E-state index contributed by atoms with van der Waals surface area (Å²) in [6.07, 6.45) is 1.78. The van der Waals surface area contributed by atoms with E-state index < -0.39 is 4.92 Å². The van der Waals surface area contributed by atoms with Gasteiger partial charge in [0.05, 0.1) is 16.0 Å². The van der Waals surface area contributed by atoms with E-state index in [1.54, 1.807) is 6.07 Å². The van der Waals surface area contributed by atoms with E-state index in [4.69, 9.17) is 0 Å². The van der Waals surface area contributed by atoms with Crippen molar-refractivity contribution in [1.82, 2.24) is 0 Å². The molecular weight excluding hydrogens is 262 g/mol. The Balaban J connectivity index is 2.50. The first-order valence-electron chi connectivity index (χ1n) is 4.65. The lowest BCUT2D eigenvalue weighted by Crippen LogP contribution is -2.13. The molecule has 5 heteroatoms. The van der Waals surface area contributed by atoms with Crippen LogP contribution in [0.4, 0.5) is 5.69 Å². The molecule has 0 spiro atoms. The van der Waals surface area contributed by atoms with Crippen LogP contribution in [0, 0.1) is 10.1 Å². The van der Waals surface area contributed by atoms with Crippen LogP contribution in [0.3, 0.4) is 0 Å². The molecule has 0 aromatic heterocycles. The van der Waals surface area contributed by atoms with E-state index in [-0.39, 0.29) is 17.7 Å². The second kappa shape index (κ2) is 3.57. The van der Waals surface area contributed by atoms with E-state index in [9.17, 15) is 15.2 Å². The molecule has 1 aromatic carbocycles. The van der Waals surface area contributed by atoms with Gasteiger partial charge < -0.3 is 5.11 Å². The molecule has 0 radical (unpaired) electrons. The number of rotatable bonds is 3. The molecule has 4 nitrogen and oxygen atoms in total. The molecule has 0 amide bonds. The summed E-state index contributed by atoms with van der Waals surface area (Å²) < 4.78 is 0.501. The maximum Gasteiger partial charge on any atom is 0.283 e. The van der Waals surface area contributed by atoms with E-state index in [1.165, 1.54) is 6.07 Å². The van der Waals surface area contributed by atoms with E-state index >= 15 is 0 Å². The van der Waals surface area contributed by atoms with Crippen LogP contribution in [0.25, 0.3) is 0 Å². The first-order chi connectivity index (χ1) is 7.10. The highest BCUT2D eigenvalue weighted by Gasteiger charge is 2.45. The maximum absolute atomic E-state index is 10.7. The largest absolute Gasteiger partial charge is 0.395 e. The van der Waals surface area contributed by atoms with Gasteiger partial charge >= 0.3 is 0 Å². The Labute approximate surface area is 95.2 Å². The van der Waals surface area contributed by atoms with Crippen LogP contribution in [0.2, 0.25) is 0 Å². The van der Waals surface area contributed by atoms with Gasteiger partial charge in [-0.1, -0.05) is 12.1 Å². The summed E-state index contributed by atoms with van der Waals surface area (Å²) in [6.45, 7) is 0.0484. The van der Waals surface area contributed by atoms with Gasteiger partial charge in [0.15, 0.2) is 0 Å². The number of nitrogens with zero attached hydrogens (tertiary/aromatic N) is 1. The average Bonchev–Trinajstić information content (AvgIpc) is 2.98. The molecule has 0 atom stereocenters. The zero-order valence-corrected chi connectivity index (χ0v) is 9.53. The maximum atomic E-state index is 10.7. The summed E-state index contributed by atoms with van der Waals surface area (Å²) in [5.41, 5.74) is 0.664. The summed E-state index contributed by atoms with van der Waals surface area (Å²) >= 11 is 3.25. The number of aliphatic hydroxyl groups is 1. The van der Waals surface area contributed by atoms with Crippen molar-refractivity contribution in [2.45, 2.75) is 18.3 Å². The van der Waals surface area contributed by atoms with E-state index in [2.05, 4.69) is 15.9 Å². The van der Waals surface area contributed by atoms with Crippen molar-refractivity contribution in [3.63, 3.8) is 0 Å². The Morgan fingerprint density at radius 1 is 1.53 bits per heavy atom. The molecule has 1 saturated carbocycles. The van der Waals surface area contributed by atoms with E-state index in [1.807, 2.05) is 6.07 Å². The first-order valence-corrected chi connectivity index (χ1v) is 5.44. The highest BCUT2D eigenvalue weighted by molar-refractivity contribution is 9.10. The Hall–Kier alpha value is -0.940. The van der Waals surface area contributed by atoms with Gasteiger partial charge in [-0.2, -0.15) is 0 Å². The number of benzene rings is 1. The first kappa shape index (κ1) is 10.6. The molecule has 0 bridgehead atoms. The van der Waals surface area contributed by atoms with Crippen molar-refractivity contribution in [1.29, 1.82) is 0 Å². The van der Waals surface area contributed by atoms with Gasteiger partial charge in [-0.05, 0) is 34.3 Å². The Kier molecular flexibility index (Phi) is 2.52. The van der Waals surface area contributed by atoms with Crippen LogP contribution in [0.5, 0.6) is 0 Å². The number of hydrogen-bond acceptors (Lipinski definition) is 3. The predicted molar refractivity (Wildman–Crippen MR) is 58.8 cm³/mol. The van der Waals surface area contributed by atoms with Crippen molar-refractivity contribution in [3.8, 4) is 0 Å². The van der Waals surface area contributed by atoms with Crippen LogP contribution < -0.4 is 0 Å². The van der Waals surface area contributed by atoms with Crippen molar-refractivity contribution in [3.05, 3.63) is 38.3 Å². The molecule has 1 aliphatic carbocycles. The fourth-order valence-electron chi connectivity index (χ4n) is 1.73. The van der Waals surface area contributed by atoms with Gasteiger partial charge in [0.1, 0.15) is 0 Å². The van der Waals surface area contributed by atoms with Gasteiger partial charge in [0, 0.05) is 11.5 Å². The quantitative estimate of drug-likeness (QED) is 0.678. The smallest absolute Gasteiger partial charge is 0.283 e. The minimum atomic E-state index is -0.416. The average molecular weight is 272 g/mol. The monoisotopic (exact) mass is 271 g/mol. The third-order valence-corrected chi connectivity index (χ3v) is 3.74. The Bertz CT molecular complexity index is 415. The molecule has 1 aromatic rings. The molecule has 1 aliphatic rings. The van der Waals surface area contributed by atoms with Crippen LogP contribution in [0.1, 0.15) is 18.4 Å². The summed E-state index contributed by atoms with van der Waals surface area (Å²) in [5.74, 6) is 0. The molecule has 80 valence electrons. The molecule has 1 N–H and O–H groups in total. The lowest BCUT2D eigenvalue weighted by molar-refractivity contribution is -0.385. The van der Waals surface area contributed by atoms with Crippen molar-refractivity contribution in [2.24, 2.45) is 0 Å². The Morgan fingerprint density at radius 3 is 2.67 bits per heavy atom. The summed E-state index contributed by atoms with van der Waals surface area (Å²) in [6, 6.07) is 4.95. The molecule has 0 heterocycles. The fourth-order valence-corrected chi connectivity index (χ4v) is 2.56. The number of halogens is 1. The number of nitro groups is 1. The predicted octanol–water partition coefficient (Wildman–Crippen LogP) is 2.38. The molecule has 15 heavy (non-hydrogen) atoms. The zero-order valence-electron chi connectivity index (χ0n) is 7.94. The molecule has 2 rings (SSSR count). The lowest BCUT2D eigenvalue weighted by Gasteiger charge is -2.13. The Morgan fingerprint density at radius 2 is 2.20 bits per heavy atom. The highest BCUT2D eigenvalue weighted by Crippen LogP contribution is 2.51. The van der Waals surface area contributed by atoms with Gasteiger partial charge in [0.25, 0.3) is 5.69 Å². The van der Waals surface area contributed by atoms with Gasteiger partial charge in [-0.3, -0.25) is 10.1 Å². The van der Waals surface area contributed by atoms with Crippen LogP contribution >= 0.6 is 15.9 Å². The van der Waals surface area contributed by atoms with E-state index in [0.717, 1.165) is 18.4 Å². The fraction of sp³-hybridized carbons (Fsp3) is 0.400. The third-order valence-electron chi connectivity index (χ3n) is 2.90.